The van der Waals surface area contributed by atoms with E-state index in [0.717, 1.165) is 0 Å². The summed E-state index contributed by atoms with van der Waals surface area (Å²) in [7, 11) is 0. The predicted octanol–water partition coefficient (Wildman–Crippen LogP) is 1.66. The molecule has 0 heterocycles. The Labute approximate surface area is 86.2 Å². The van der Waals surface area contributed by atoms with Crippen LogP contribution in [0.2, 0.25) is 0 Å². The molecule has 0 spiro atoms. The molecule has 0 fully saturated rings. The van der Waals surface area contributed by atoms with Crippen LogP contribution in [0.25, 0.3) is 0 Å². The van der Waals surface area contributed by atoms with Crippen molar-refractivity contribution in [3.8, 4) is 11.5 Å². The summed E-state index contributed by atoms with van der Waals surface area (Å²) in [6.45, 7) is 3.18. The Morgan fingerprint density at radius 3 is 1.93 bits per heavy atom. The second-order valence-corrected chi connectivity index (χ2v) is 4.19. The van der Waals surface area contributed by atoms with Crippen molar-refractivity contribution < 1.29 is 19.0 Å². The third kappa shape index (κ3) is 2.56. The number of benzene rings is 1. The first-order chi connectivity index (χ1) is 6.72. The summed E-state index contributed by atoms with van der Waals surface area (Å²) in [6, 6.07) is 0.623. The molecule has 0 saturated carbocycles. The van der Waals surface area contributed by atoms with Gasteiger partial charge in [0.2, 0.25) is 0 Å². The smallest absolute Gasteiger partial charge is 0.171 e. The monoisotopic (exact) mass is 217 g/mol. The predicted molar refractivity (Wildman–Crippen MR) is 51.7 cm³/mol. The van der Waals surface area contributed by atoms with Crippen LogP contribution in [0.4, 0.5) is 8.78 Å². The van der Waals surface area contributed by atoms with Crippen molar-refractivity contribution >= 4 is 0 Å². The van der Waals surface area contributed by atoms with Crippen molar-refractivity contribution in [1.82, 2.24) is 0 Å². The molecule has 0 atom stereocenters. The van der Waals surface area contributed by atoms with Gasteiger partial charge in [0.15, 0.2) is 23.1 Å². The van der Waals surface area contributed by atoms with E-state index in [-0.39, 0.29) is 6.42 Å². The molecule has 4 N–H and O–H groups in total. The Morgan fingerprint density at radius 1 is 1.20 bits per heavy atom. The molecule has 15 heavy (non-hydrogen) atoms. The van der Waals surface area contributed by atoms with Gasteiger partial charge < -0.3 is 15.9 Å². The zero-order valence-electron chi connectivity index (χ0n) is 8.51. The normalized spacial score (nSPS) is 11.8. The van der Waals surface area contributed by atoms with Gasteiger partial charge in [0.25, 0.3) is 0 Å². The fraction of sp³-hybridized carbons (Fsp3) is 0.400. The molecule has 84 valence electrons. The maximum atomic E-state index is 13.3. The van der Waals surface area contributed by atoms with Crippen LogP contribution in [-0.4, -0.2) is 15.8 Å². The van der Waals surface area contributed by atoms with E-state index in [1.165, 1.54) is 0 Å². The molecular formula is C10H13F2NO2. The van der Waals surface area contributed by atoms with E-state index in [0.29, 0.717) is 6.07 Å². The molecule has 3 nitrogen and oxygen atoms in total. The number of nitrogens with two attached hydrogens (primary N) is 1. The average Bonchev–Trinajstić information content (AvgIpc) is 2.08. The van der Waals surface area contributed by atoms with E-state index in [1.807, 2.05) is 0 Å². The third-order valence-corrected chi connectivity index (χ3v) is 1.89. The second kappa shape index (κ2) is 3.66. The van der Waals surface area contributed by atoms with Crippen molar-refractivity contribution in [3.05, 3.63) is 23.3 Å². The summed E-state index contributed by atoms with van der Waals surface area (Å²) >= 11 is 0. The van der Waals surface area contributed by atoms with Crippen LogP contribution in [0, 0.1) is 11.6 Å². The topological polar surface area (TPSA) is 66.5 Å². The van der Waals surface area contributed by atoms with E-state index < -0.39 is 34.2 Å². The summed E-state index contributed by atoms with van der Waals surface area (Å²) in [4.78, 5) is 0. The zero-order chi connectivity index (χ0) is 11.8. The molecule has 0 aliphatic heterocycles. The minimum atomic E-state index is -1.08. The van der Waals surface area contributed by atoms with Crippen molar-refractivity contribution in [3.63, 3.8) is 0 Å². The number of phenolic OH excluding ortho intramolecular Hbond substituents is 2. The largest absolute Gasteiger partial charge is 0.505 e. The number of hydrogen-bond acceptors (Lipinski definition) is 3. The van der Waals surface area contributed by atoms with Gasteiger partial charge in [0.05, 0.1) is 0 Å². The Bertz CT molecular complexity index is 360. The minimum Gasteiger partial charge on any atom is -0.505 e. The minimum absolute atomic E-state index is 0.118. The van der Waals surface area contributed by atoms with Gasteiger partial charge in [-0.1, -0.05) is 0 Å². The fourth-order valence-electron chi connectivity index (χ4n) is 1.27. The molecular weight excluding hydrogens is 204 g/mol. The highest BCUT2D eigenvalue weighted by Gasteiger charge is 2.23. The van der Waals surface area contributed by atoms with Crippen LogP contribution in [0.3, 0.4) is 0 Å². The Kier molecular flexibility index (Phi) is 2.86. The summed E-state index contributed by atoms with van der Waals surface area (Å²) in [5, 5.41) is 18.1. The first-order valence-corrected chi connectivity index (χ1v) is 4.40. The number of phenols is 2. The van der Waals surface area contributed by atoms with E-state index in [1.54, 1.807) is 13.8 Å². The molecule has 1 aromatic rings. The lowest BCUT2D eigenvalue weighted by Crippen LogP contribution is -2.35. The Morgan fingerprint density at radius 2 is 1.60 bits per heavy atom. The molecule has 0 bridgehead atoms. The third-order valence-electron chi connectivity index (χ3n) is 1.89. The quantitative estimate of drug-likeness (QED) is 0.705. The van der Waals surface area contributed by atoms with Crippen LogP contribution in [0.1, 0.15) is 19.4 Å². The zero-order valence-corrected chi connectivity index (χ0v) is 8.51. The molecule has 0 unspecified atom stereocenters. The van der Waals surface area contributed by atoms with Gasteiger partial charge in [-0.2, -0.15) is 0 Å². The number of aromatic hydroxyl groups is 2. The van der Waals surface area contributed by atoms with E-state index >= 15 is 0 Å². The van der Waals surface area contributed by atoms with Crippen LogP contribution in [-0.2, 0) is 6.42 Å². The summed E-state index contributed by atoms with van der Waals surface area (Å²) in [5.41, 5.74) is 4.37. The van der Waals surface area contributed by atoms with Crippen LogP contribution < -0.4 is 5.73 Å². The van der Waals surface area contributed by atoms with E-state index in [4.69, 9.17) is 15.9 Å². The molecule has 0 amide bonds. The molecule has 0 saturated heterocycles. The fourth-order valence-corrected chi connectivity index (χ4v) is 1.27. The second-order valence-electron chi connectivity index (χ2n) is 4.19. The van der Waals surface area contributed by atoms with Gasteiger partial charge in [-0.25, -0.2) is 8.78 Å². The highest BCUT2D eigenvalue weighted by Crippen LogP contribution is 2.31. The molecule has 0 radical (unpaired) electrons. The first kappa shape index (κ1) is 11.7. The van der Waals surface area contributed by atoms with Gasteiger partial charge >= 0.3 is 0 Å². The molecule has 5 heteroatoms. The molecule has 0 aliphatic rings. The van der Waals surface area contributed by atoms with Crippen molar-refractivity contribution in [2.24, 2.45) is 5.73 Å². The molecule has 1 aromatic carbocycles. The highest BCUT2D eigenvalue weighted by molar-refractivity contribution is 5.40. The lowest BCUT2D eigenvalue weighted by Gasteiger charge is -2.19. The van der Waals surface area contributed by atoms with Gasteiger partial charge in [0.1, 0.15) is 0 Å². The van der Waals surface area contributed by atoms with Crippen molar-refractivity contribution in [1.29, 1.82) is 0 Å². The Hall–Kier alpha value is -1.36. The van der Waals surface area contributed by atoms with Gasteiger partial charge in [-0.05, 0) is 20.3 Å². The first-order valence-electron chi connectivity index (χ1n) is 4.40. The van der Waals surface area contributed by atoms with Crippen molar-refractivity contribution in [2.75, 3.05) is 0 Å². The van der Waals surface area contributed by atoms with E-state index in [2.05, 4.69) is 0 Å². The average molecular weight is 217 g/mol. The summed E-state index contributed by atoms with van der Waals surface area (Å²) in [5.74, 6) is -3.73. The van der Waals surface area contributed by atoms with Gasteiger partial charge in [-0.15, -0.1) is 0 Å². The SMILES string of the molecule is CC(C)(N)Cc1c(F)c(O)cc(O)c1F. The van der Waals surface area contributed by atoms with Gasteiger partial charge in [0, 0.05) is 17.2 Å². The van der Waals surface area contributed by atoms with Gasteiger partial charge in [-0.3, -0.25) is 0 Å². The van der Waals surface area contributed by atoms with Crippen LogP contribution >= 0.6 is 0 Å². The summed E-state index contributed by atoms with van der Waals surface area (Å²) < 4.78 is 26.6. The number of rotatable bonds is 2. The van der Waals surface area contributed by atoms with E-state index in [9.17, 15) is 8.78 Å². The molecule has 1 rings (SSSR count). The van der Waals surface area contributed by atoms with Crippen molar-refractivity contribution in [2.45, 2.75) is 25.8 Å². The number of halogens is 2. The molecule has 0 aliphatic carbocycles. The number of hydrogen-bond donors (Lipinski definition) is 3. The molecule has 0 aromatic heterocycles. The Balaban J connectivity index is 3.27. The lowest BCUT2D eigenvalue weighted by atomic mass is 9.95. The maximum absolute atomic E-state index is 13.3. The van der Waals surface area contributed by atoms with Crippen LogP contribution in [0.15, 0.2) is 6.07 Å². The maximum Gasteiger partial charge on any atom is 0.171 e. The summed E-state index contributed by atoms with van der Waals surface area (Å²) in [6.07, 6.45) is -0.118. The highest BCUT2D eigenvalue weighted by atomic mass is 19.1. The standard InChI is InChI=1S/C10H13F2NO2/c1-10(2,13)4-5-8(11)6(14)3-7(15)9(5)12/h3,14-15H,4,13H2,1-2H3. The lowest BCUT2D eigenvalue weighted by molar-refractivity contribution is 0.381. The van der Waals surface area contributed by atoms with Crippen LogP contribution in [0.5, 0.6) is 11.5 Å².